The van der Waals surface area contributed by atoms with E-state index < -0.39 is 0 Å². The quantitative estimate of drug-likeness (QED) is 0.743. The highest BCUT2D eigenvalue weighted by Gasteiger charge is 2.19. The first kappa shape index (κ1) is 20.3. The van der Waals surface area contributed by atoms with Crippen molar-refractivity contribution in [3.8, 4) is 17.2 Å². The van der Waals surface area contributed by atoms with Crippen LogP contribution in [-0.4, -0.2) is 39.3 Å². The zero-order chi connectivity index (χ0) is 19.9. The molecule has 150 valence electrons. The van der Waals surface area contributed by atoms with Crippen molar-refractivity contribution in [1.29, 1.82) is 0 Å². The average Bonchev–Trinajstić information content (AvgIpc) is 2.94. The Kier molecular flexibility index (Phi) is 7.01. The minimum Gasteiger partial charge on any atom is -0.497 e. The number of anilines is 1. The highest BCUT2D eigenvalue weighted by atomic mass is 35.5. The largest absolute Gasteiger partial charge is 0.497 e. The van der Waals surface area contributed by atoms with E-state index in [-0.39, 0.29) is 5.91 Å². The smallest absolute Gasteiger partial charge is 0.279 e. The van der Waals surface area contributed by atoms with Gasteiger partial charge in [0, 0.05) is 17.7 Å². The fraction of sp³-hybridized carbons (Fsp3) is 0.381. The van der Waals surface area contributed by atoms with Crippen LogP contribution in [0.2, 0.25) is 5.02 Å². The Balaban J connectivity index is 1.62. The molecule has 1 heterocycles. The number of hydrogen-bond donors (Lipinski definition) is 2. The molecular weight excluding hydrogens is 380 g/mol. The number of ether oxygens (including phenoxy) is 3. The normalized spacial score (nSPS) is 14.1. The number of carbonyl (C=O) groups excluding carboxylic acids is 1. The molecule has 2 N–H and O–H groups in total. The van der Waals surface area contributed by atoms with Crippen LogP contribution in [0.1, 0.15) is 18.9 Å². The number of fused-ring (bicyclic) bond motifs is 1. The maximum Gasteiger partial charge on any atom is 0.279 e. The number of amides is 1. The molecule has 0 spiro atoms. The highest BCUT2D eigenvalue weighted by Crippen LogP contribution is 2.37. The topological polar surface area (TPSA) is 61.2 Å². The van der Waals surface area contributed by atoms with Crippen molar-refractivity contribution in [2.24, 2.45) is 0 Å². The molecule has 6 nitrogen and oxygen atoms in total. The molecule has 7 heteroatoms. The van der Waals surface area contributed by atoms with Crippen LogP contribution in [0.15, 0.2) is 36.4 Å². The Morgan fingerprint density at radius 1 is 1.21 bits per heavy atom. The SMILES string of the molecule is CC[NH+](CC(=O)Nc1ccc(OC)cc1)Cc1cc(Cl)c2c(c1)OCCCO2. The number of carbonyl (C=O) groups is 1. The summed E-state index contributed by atoms with van der Waals surface area (Å²) in [5.41, 5.74) is 1.77. The van der Waals surface area contributed by atoms with Gasteiger partial charge in [-0.3, -0.25) is 4.79 Å². The Morgan fingerprint density at radius 2 is 1.96 bits per heavy atom. The molecule has 0 radical (unpaired) electrons. The minimum atomic E-state index is -0.0394. The maximum absolute atomic E-state index is 12.4. The van der Waals surface area contributed by atoms with Gasteiger partial charge < -0.3 is 24.4 Å². The van der Waals surface area contributed by atoms with Crippen molar-refractivity contribution in [2.45, 2.75) is 19.9 Å². The molecule has 1 aliphatic heterocycles. The van der Waals surface area contributed by atoms with E-state index >= 15 is 0 Å². The van der Waals surface area contributed by atoms with Crippen molar-refractivity contribution in [3.63, 3.8) is 0 Å². The molecule has 3 rings (SSSR count). The predicted molar refractivity (Wildman–Crippen MR) is 109 cm³/mol. The molecule has 0 aromatic heterocycles. The molecule has 2 aromatic carbocycles. The van der Waals surface area contributed by atoms with E-state index in [2.05, 4.69) is 12.2 Å². The lowest BCUT2D eigenvalue weighted by Gasteiger charge is -2.19. The fourth-order valence-electron chi connectivity index (χ4n) is 3.09. The number of nitrogens with one attached hydrogen (secondary N) is 2. The third-order valence-corrected chi connectivity index (χ3v) is 4.88. The number of hydrogen-bond acceptors (Lipinski definition) is 4. The molecule has 1 amide bonds. The zero-order valence-corrected chi connectivity index (χ0v) is 17.0. The Labute approximate surface area is 170 Å². The molecule has 0 bridgehead atoms. The second kappa shape index (κ2) is 9.66. The molecule has 1 aliphatic rings. The lowest BCUT2D eigenvalue weighted by molar-refractivity contribution is -0.903. The van der Waals surface area contributed by atoms with Crippen LogP contribution in [0, 0.1) is 0 Å². The summed E-state index contributed by atoms with van der Waals surface area (Å²) >= 11 is 6.38. The summed E-state index contributed by atoms with van der Waals surface area (Å²) in [6.07, 6.45) is 0.832. The molecule has 0 fully saturated rings. The van der Waals surface area contributed by atoms with Gasteiger partial charge in [0.05, 0.1) is 31.9 Å². The van der Waals surface area contributed by atoms with Gasteiger partial charge in [0.25, 0.3) is 5.91 Å². The van der Waals surface area contributed by atoms with Gasteiger partial charge in [-0.2, -0.15) is 0 Å². The van der Waals surface area contributed by atoms with E-state index in [1.807, 2.05) is 36.4 Å². The van der Waals surface area contributed by atoms with Crippen LogP contribution < -0.4 is 24.4 Å². The molecule has 1 unspecified atom stereocenters. The monoisotopic (exact) mass is 405 g/mol. The van der Waals surface area contributed by atoms with Gasteiger partial charge in [0.15, 0.2) is 18.0 Å². The lowest BCUT2D eigenvalue weighted by Crippen LogP contribution is -3.11. The minimum absolute atomic E-state index is 0.0394. The number of halogens is 1. The highest BCUT2D eigenvalue weighted by molar-refractivity contribution is 6.32. The number of quaternary nitrogens is 1. The average molecular weight is 406 g/mol. The molecule has 1 atom stereocenters. The second-order valence-corrected chi connectivity index (χ2v) is 7.10. The van der Waals surface area contributed by atoms with Gasteiger partial charge in [0.2, 0.25) is 0 Å². The number of likely N-dealkylation sites (N-methyl/N-ethyl adjacent to an activating group) is 1. The number of rotatable bonds is 7. The number of benzene rings is 2. The standard InChI is InChI=1S/C21H25ClN2O4/c1-3-24(14-20(25)23-16-5-7-17(26-2)8-6-16)13-15-11-18(22)21-19(12-15)27-9-4-10-28-21/h5-8,11-12H,3-4,9-10,13-14H2,1-2H3,(H,23,25)/p+1. The van der Waals surface area contributed by atoms with E-state index in [1.54, 1.807) is 7.11 Å². The van der Waals surface area contributed by atoms with E-state index in [9.17, 15) is 4.79 Å². The van der Waals surface area contributed by atoms with Crippen molar-refractivity contribution >= 4 is 23.2 Å². The molecule has 0 saturated carbocycles. The molecule has 2 aromatic rings. The van der Waals surface area contributed by atoms with Gasteiger partial charge in [-0.05, 0) is 43.3 Å². The van der Waals surface area contributed by atoms with E-state index in [1.165, 1.54) is 0 Å². The molecule has 0 aliphatic carbocycles. The summed E-state index contributed by atoms with van der Waals surface area (Å²) < 4.78 is 16.6. The van der Waals surface area contributed by atoms with Crippen LogP contribution in [-0.2, 0) is 11.3 Å². The van der Waals surface area contributed by atoms with Crippen LogP contribution in [0.25, 0.3) is 0 Å². The summed E-state index contributed by atoms with van der Waals surface area (Å²) in [4.78, 5) is 13.6. The van der Waals surface area contributed by atoms with Gasteiger partial charge in [-0.25, -0.2) is 0 Å². The van der Waals surface area contributed by atoms with Crippen LogP contribution >= 0.6 is 11.6 Å². The Morgan fingerprint density at radius 3 is 2.68 bits per heavy atom. The second-order valence-electron chi connectivity index (χ2n) is 6.69. The first-order valence-corrected chi connectivity index (χ1v) is 9.82. The summed E-state index contributed by atoms with van der Waals surface area (Å²) in [7, 11) is 1.61. The van der Waals surface area contributed by atoms with E-state index in [0.29, 0.717) is 42.8 Å². The van der Waals surface area contributed by atoms with Crippen molar-refractivity contribution in [1.82, 2.24) is 0 Å². The zero-order valence-electron chi connectivity index (χ0n) is 16.2. The van der Waals surface area contributed by atoms with Gasteiger partial charge >= 0.3 is 0 Å². The molecule has 28 heavy (non-hydrogen) atoms. The summed E-state index contributed by atoms with van der Waals surface area (Å²) in [6, 6.07) is 11.1. The summed E-state index contributed by atoms with van der Waals surface area (Å²) in [5.74, 6) is 2.00. The van der Waals surface area contributed by atoms with Crippen molar-refractivity contribution in [3.05, 3.63) is 47.0 Å². The summed E-state index contributed by atoms with van der Waals surface area (Å²) in [6.45, 7) is 5.10. The Hall–Kier alpha value is -2.44. The van der Waals surface area contributed by atoms with Crippen LogP contribution in [0.5, 0.6) is 17.2 Å². The van der Waals surface area contributed by atoms with E-state index in [0.717, 1.165) is 34.9 Å². The molecule has 0 saturated heterocycles. The van der Waals surface area contributed by atoms with Crippen molar-refractivity contribution < 1.29 is 23.9 Å². The fourth-order valence-corrected chi connectivity index (χ4v) is 3.38. The van der Waals surface area contributed by atoms with Crippen molar-refractivity contribution in [2.75, 3.05) is 38.7 Å². The predicted octanol–water partition coefficient (Wildman–Crippen LogP) is 2.55. The summed E-state index contributed by atoms with van der Waals surface area (Å²) in [5, 5.41) is 3.48. The van der Waals surface area contributed by atoms with Gasteiger partial charge in [0.1, 0.15) is 12.3 Å². The lowest BCUT2D eigenvalue weighted by atomic mass is 10.2. The van der Waals surface area contributed by atoms with E-state index in [4.69, 9.17) is 25.8 Å². The van der Waals surface area contributed by atoms with Crippen LogP contribution in [0.4, 0.5) is 5.69 Å². The van der Waals surface area contributed by atoms with Gasteiger partial charge in [-0.15, -0.1) is 0 Å². The third-order valence-electron chi connectivity index (χ3n) is 4.60. The Bertz CT molecular complexity index is 811. The van der Waals surface area contributed by atoms with Crippen LogP contribution in [0.3, 0.4) is 0 Å². The first-order valence-electron chi connectivity index (χ1n) is 9.44. The maximum atomic E-state index is 12.4. The van der Waals surface area contributed by atoms with Gasteiger partial charge in [-0.1, -0.05) is 11.6 Å². The third kappa shape index (κ3) is 5.30. The molecular formula is C21H26ClN2O4+. The number of methoxy groups -OCH3 is 1. The first-order chi connectivity index (χ1) is 13.6.